The highest BCUT2D eigenvalue weighted by atomic mass is 35.5. The van der Waals surface area contributed by atoms with Crippen LogP contribution in [0, 0.1) is 0 Å². The van der Waals surface area contributed by atoms with E-state index in [1.807, 2.05) is 0 Å². The Balaban J connectivity index is 0. The summed E-state index contributed by atoms with van der Waals surface area (Å²) >= 11 is 0. The summed E-state index contributed by atoms with van der Waals surface area (Å²) in [7, 11) is 0. The van der Waals surface area contributed by atoms with Crippen LogP contribution in [0.4, 0.5) is 8.78 Å². The van der Waals surface area contributed by atoms with Gasteiger partial charge >= 0.3 is 0 Å². The quantitative estimate of drug-likeness (QED) is 0.668. The van der Waals surface area contributed by atoms with Crippen LogP contribution in [0.3, 0.4) is 0 Å². The van der Waals surface area contributed by atoms with Gasteiger partial charge in [-0.25, -0.2) is 8.78 Å². The maximum Gasteiger partial charge on any atom is 0.245 e. The number of rotatable bonds is 3. The van der Waals surface area contributed by atoms with Crippen molar-refractivity contribution in [3.63, 3.8) is 0 Å². The van der Waals surface area contributed by atoms with Gasteiger partial charge < -0.3 is 5.73 Å². The van der Waals surface area contributed by atoms with Crippen LogP contribution in [-0.2, 0) is 0 Å². The molecule has 58 valence electrons. The van der Waals surface area contributed by atoms with Crippen LogP contribution in [0.5, 0.6) is 0 Å². The minimum atomic E-state index is -2.53. The van der Waals surface area contributed by atoms with Crippen molar-refractivity contribution in [3.05, 3.63) is 0 Å². The standard InChI is InChI=1S/C5H11F2N.ClH/c1-5(6,7)3-2-4-8;/h2-4,8H2,1H3;1H. The summed E-state index contributed by atoms with van der Waals surface area (Å²) in [5.41, 5.74) is 5.00. The average molecular weight is 160 g/mol. The minimum absolute atomic E-state index is 0. The van der Waals surface area contributed by atoms with E-state index in [0.29, 0.717) is 13.0 Å². The Morgan fingerprint density at radius 2 is 1.89 bits per heavy atom. The van der Waals surface area contributed by atoms with Crippen LogP contribution in [0.1, 0.15) is 19.8 Å². The lowest BCUT2D eigenvalue weighted by Gasteiger charge is -2.06. The first kappa shape index (κ1) is 11.9. The maximum atomic E-state index is 11.9. The molecule has 0 atom stereocenters. The molecule has 0 amide bonds. The number of alkyl halides is 2. The Bertz CT molecular complexity index is 62.5. The SMILES string of the molecule is CC(F)(F)CCCN.Cl. The first-order chi connectivity index (χ1) is 3.56. The second-order valence-corrected chi connectivity index (χ2v) is 1.96. The summed E-state index contributed by atoms with van der Waals surface area (Å²) in [6.07, 6.45) is 0.312. The molecule has 0 aromatic rings. The summed E-state index contributed by atoms with van der Waals surface area (Å²) in [5, 5.41) is 0. The van der Waals surface area contributed by atoms with Gasteiger partial charge in [0.15, 0.2) is 0 Å². The van der Waals surface area contributed by atoms with Gasteiger partial charge in [0.05, 0.1) is 0 Å². The molecule has 9 heavy (non-hydrogen) atoms. The van der Waals surface area contributed by atoms with Crippen LogP contribution in [0.25, 0.3) is 0 Å². The normalized spacial score (nSPS) is 10.7. The number of hydrogen-bond donors (Lipinski definition) is 1. The molecule has 0 unspecified atom stereocenters. The second kappa shape index (κ2) is 4.94. The van der Waals surface area contributed by atoms with Crippen molar-refractivity contribution in [2.45, 2.75) is 25.7 Å². The molecule has 0 radical (unpaired) electrons. The van der Waals surface area contributed by atoms with Gasteiger partial charge in [0.2, 0.25) is 5.92 Å². The molecule has 0 spiro atoms. The Morgan fingerprint density at radius 1 is 1.44 bits per heavy atom. The molecular weight excluding hydrogens is 148 g/mol. The first-order valence-electron chi connectivity index (χ1n) is 2.64. The van der Waals surface area contributed by atoms with E-state index in [4.69, 9.17) is 5.73 Å². The fourth-order valence-corrected chi connectivity index (χ4v) is 0.412. The Morgan fingerprint density at radius 3 is 2.00 bits per heavy atom. The Hall–Kier alpha value is 0.110. The molecule has 0 heterocycles. The molecule has 0 aromatic heterocycles. The third-order valence-corrected chi connectivity index (χ3v) is 0.820. The third kappa shape index (κ3) is 11.6. The molecule has 0 saturated carbocycles. The van der Waals surface area contributed by atoms with Crippen LogP contribution in [-0.4, -0.2) is 12.5 Å². The van der Waals surface area contributed by atoms with Gasteiger partial charge in [-0.1, -0.05) is 0 Å². The highest BCUT2D eigenvalue weighted by Crippen LogP contribution is 2.17. The summed E-state index contributed by atoms with van der Waals surface area (Å²) in [6.45, 7) is 1.26. The van der Waals surface area contributed by atoms with Gasteiger partial charge in [-0.2, -0.15) is 0 Å². The fraction of sp³-hybridized carbons (Fsp3) is 1.00. The summed E-state index contributed by atoms with van der Waals surface area (Å²) in [6, 6.07) is 0. The number of hydrogen-bond acceptors (Lipinski definition) is 1. The van der Waals surface area contributed by atoms with E-state index in [1.54, 1.807) is 0 Å². The van der Waals surface area contributed by atoms with Crippen LogP contribution in [0.2, 0.25) is 0 Å². The topological polar surface area (TPSA) is 26.0 Å². The van der Waals surface area contributed by atoms with Crippen LogP contribution in [0.15, 0.2) is 0 Å². The molecule has 4 heteroatoms. The second-order valence-electron chi connectivity index (χ2n) is 1.96. The van der Waals surface area contributed by atoms with Gasteiger partial charge in [0.25, 0.3) is 0 Å². The summed E-state index contributed by atoms with van der Waals surface area (Å²) in [5.74, 6) is -2.53. The van der Waals surface area contributed by atoms with Crippen molar-refractivity contribution in [1.29, 1.82) is 0 Å². The van der Waals surface area contributed by atoms with Gasteiger partial charge in [0.1, 0.15) is 0 Å². The monoisotopic (exact) mass is 159 g/mol. The molecule has 0 fully saturated rings. The molecule has 1 nitrogen and oxygen atoms in total. The molecule has 0 aliphatic carbocycles. The highest BCUT2D eigenvalue weighted by Gasteiger charge is 2.18. The summed E-state index contributed by atoms with van der Waals surface area (Å²) in [4.78, 5) is 0. The van der Waals surface area contributed by atoms with Gasteiger partial charge in [-0.3, -0.25) is 0 Å². The van der Waals surface area contributed by atoms with Crippen molar-refractivity contribution in [3.8, 4) is 0 Å². The van der Waals surface area contributed by atoms with E-state index in [1.165, 1.54) is 0 Å². The highest BCUT2D eigenvalue weighted by molar-refractivity contribution is 5.85. The largest absolute Gasteiger partial charge is 0.330 e. The molecule has 0 aliphatic heterocycles. The predicted molar refractivity (Wildman–Crippen MR) is 36.2 cm³/mol. The van der Waals surface area contributed by atoms with Gasteiger partial charge in [0, 0.05) is 6.42 Å². The van der Waals surface area contributed by atoms with E-state index in [9.17, 15) is 8.78 Å². The zero-order chi connectivity index (χ0) is 6.62. The molecule has 0 bridgehead atoms. The van der Waals surface area contributed by atoms with E-state index < -0.39 is 5.92 Å². The minimum Gasteiger partial charge on any atom is -0.330 e. The lowest BCUT2D eigenvalue weighted by molar-refractivity contribution is 0.0116. The van der Waals surface area contributed by atoms with E-state index in [-0.39, 0.29) is 18.8 Å². The molecule has 0 rings (SSSR count). The average Bonchev–Trinajstić information content (AvgIpc) is 1.59. The lowest BCUT2D eigenvalue weighted by Crippen LogP contribution is -2.12. The maximum absolute atomic E-state index is 11.9. The Kier molecular flexibility index (Phi) is 6.51. The van der Waals surface area contributed by atoms with Crippen molar-refractivity contribution in [2.75, 3.05) is 6.54 Å². The number of halogens is 3. The summed E-state index contributed by atoms with van der Waals surface area (Å²) < 4.78 is 23.7. The van der Waals surface area contributed by atoms with Crippen molar-refractivity contribution >= 4 is 12.4 Å². The van der Waals surface area contributed by atoms with Crippen molar-refractivity contribution < 1.29 is 8.78 Å². The lowest BCUT2D eigenvalue weighted by atomic mass is 10.2. The van der Waals surface area contributed by atoms with E-state index >= 15 is 0 Å². The van der Waals surface area contributed by atoms with Crippen molar-refractivity contribution in [1.82, 2.24) is 0 Å². The smallest absolute Gasteiger partial charge is 0.245 e. The fourth-order valence-electron chi connectivity index (χ4n) is 0.412. The van der Waals surface area contributed by atoms with Gasteiger partial charge in [-0.15, -0.1) is 12.4 Å². The van der Waals surface area contributed by atoms with Crippen molar-refractivity contribution in [2.24, 2.45) is 5.73 Å². The third-order valence-electron chi connectivity index (χ3n) is 0.820. The molecule has 0 aliphatic rings. The van der Waals surface area contributed by atoms with Crippen LogP contribution < -0.4 is 5.73 Å². The zero-order valence-corrected chi connectivity index (χ0v) is 6.18. The van der Waals surface area contributed by atoms with Crippen LogP contribution >= 0.6 is 12.4 Å². The molecule has 2 N–H and O–H groups in total. The van der Waals surface area contributed by atoms with E-state index in [2.05, 4.69) is 0 Å². The molecule has 0 aromatic carbocycles. The van der Waals surface area contributed by atoms with E-state index in [0.717, 1.165) is 6.92 Å². The first-order valence-corrected chi connectivity index (χ1v) is 2.64. The zero-order valence-electron chi connectivity index (χ0n) is 5.36. The molecule has 0 saturated heterocycles. The molecular formula is C5H12ClF2N. The van der Waals surface area contributed by atoms with Gasteiger partial charge in [-0.05, 0) is 19.9 Å². The predicted octanol–water partition coefficient (Wildman–Crippen LogP) is 1.80. The Labute approximate surface area is 60.0 Å². The number of nitrogens with two attached hydrogens (primary N) is 1.